The molecule has 0 aliphatic carbocycles. The normalized spacial score (nSPS) is 10.4. The van der Waals surface area contributed by atoms with Gasteiger partial charge in [-0.3, -0.25) is 10.1 Å². The fourth-order valence-corrected chi connectivity index (χ4v) is 1.68. The molecular formula is C13H17NO5. The van der Waals surface area contributed by atoms with Crippen LogP contribution in [0.5, 0.6) is 5.75 Å². The second kappa shape index (κ2) is 6.17. The molecule has 0 atom stereocenters. The minimum absolute atomic E-state index is 0.108. The van der Waals surface area contributed by atoms with Crippen LogP contribution in [-0.4, -0.2) is 23.6 Å². The number of aryl methyl sites for hydroxylation is 2. The molecule has 0 spiro atoms. The van der Waals surface area contributed by atoms with Gasteiger partial charge in [-0.15, -0.1) is 0 Å². The van der Waals surface area contributed by atoms with Gasteiger partial charge in [0, 0.05) is 6.07 Å². The fourth-order valence-electron chi connectivity index (χ4n) is 1.68. The van der Waals surface area contributed by atoms with Gasteiger partial charge in [0.1, 0.15) is 0 Å². The fraction of sp³-hybridized carbons (Fsp3) is 0.462. The van der Waals surface area contributed by atoms with E-state index in [4.69, 9.17) is 9.47 Å². The predicted molar refractivity (Wildman–Crippen MR) is 69.3 cm³/mol. The largest absolute Gasteiger partial charge is 0.475 e. The zero-order chi connectivity index (χ0) is 14.6. The van der Waals surface area contributed by atoms with Crippen LogP contribution in [0, 0.1) is 24.0 Å². The lowest BCUT2D eigenvalue weighted by Crippen LogP contribution is -2.19. The van der Waals surface area contributed by atoms with E-state index >= 15 is 0 Å². The monoisotopic (exact) mass is 267 g/mol. The van der Waals surface area contributed by atoms with Crippen molar-refractivity contribution in [3.05, 3.63) is 33.4 Å². The Morgan fingerprint density at radius 3 is 2.53 bits per heavy atom. The van der Waals surface area contributed by atoms with Crippen molar-refractivity contribution in [3.63, 3.8) is 0 Å². The molecule has 19 heavy (non-hydrogen) atoms. The molecule has 0 saturated heterocycles. The highest BCUT2D eigenvalue weighted by molar-refractivity contribution is 5.71. The van der Waals surface area contributed by atoms with E-state index in [2.05, 4.69) is 0 Å². The zero-order valence-corrected chi connectivity index (χ0v) is 11.4. The summed E-state index contributed by atoms with van der Waals surface area (Å²) in [7, 11) is 0. The van der Waals surface area contributed by atoms with E-state index in [0.29, 0.717) is 5.56 Å². The Bertz CT molecular complexity index is 496. The van der Waals surface area contributed by atoms with Crippen LogP contribution in [0.3, 0.4) is 0 Å². The third kappa shape index (κ3) is 4.24. The molecule has 0 radical (unpaired) electrons. The van der Waals surface area contributed by atoms with Crippen molar-refractivity contribution < 1.29 is 19.2 Å². The van der Waals surface area contributed by atoms with Gasteiger partial charge >= 0.3 is 11.7 Å². The Hall–Kier alpha value is -2.11. The third-order valence-corrected chi connectivity index (χ3v) is 2.30. The lowest BCUT2D eigenvalue weighted by Gasteiger charge is -2.11. The highest BCUT2D eigenvalue weighted by atomic mass is 16.6. The van der Waals surface area contributed by atoms with Crippen LogP contribution in [0.1, 0.15) is 25.0 Å². The van der Waals surface area contributed by atoms with Crippen molar-refractivity contribution in [3.8, 4) is 5.75 Å². The highest BCUT2D eigenvalue weighted by Gasteiger charge is 2.19. The molecule has 1 rings (SSSR count). The number of hydrogen-bond acceptors (Lipinski definition) is 5. The van der Waals surface area contributed by atoms with Crippen molar-refractivity contribution in [2.24, 2.45) is 0 Å². The van der Waals surface area contributed by atoms with Crippen LogP contribution in [0.2, 0.25) is 0 Å². The molecule has 0 fully saturated rings. The molecule has 0 aliphatic rings. The number of benzene rings is 1. The molecule has 0 N–H and O–H groups in total. The Morgan fingerprint density at radius 2 is 2.00 bits per heavy atom. The van der Waals surface area contributed by atoms with Crippen molar-refractivity contribution in [1.29, 1.82) is 0 Å². The number of hydrogen-bond donors (Lipinski definition) is 0. The van der Waals surface area contributed by atoms with Gasteiger partial charge < -0.3 is 9.47 Å². The van der Waals surface area contributed by atoms with E-state index in [1.54, 1.807) is 33.8 Å². The highest BCUT2D eigenvalue weighted by Crippen LogP contribution is 2.31. The van der Waals surface area contributed by atoms with Crippen molar-refractivity contribution in [2.45, 2.75) is 33.8 Å². The first-order chi connectivity index (χ1) is 8.81. The number of carbonyl (C=O) groups is 1. The molecule has 0 aromatic heterocycles. The molecule has 1 aromatic carbocycles. The summed E-state index contributed by atoms with van der Waals surface area (Å²) in [6, 6.07) is 3.17. The first-order valence-corrected chi connectivity index (χ1v) is 5.89. The second-order valence-electron chi connectivity index (χ2n) is 4.51. The van der Waals surface area contributed by atoms with Crippen LogP contribution in [0.25, 0.3) is 0 Å². The molecule has 0 bridgehead atoms. The average molecular weight is 267 g/mol. The number of esters is 1. The maximum Gasteiger partial charge on any atom is 0.344 e. The summed E-state index contributed by atoms with van der Waals surface area (Å²) in [4.78, 5) is 21.8. The molecule has 0 saturated carbocycles. The zero-order valence-electron chi connectivity index (χ0n) is 11.4. The van der Waals surface area contributed by atoms with E-state index in [1.165, 1.54) is 6.07 Å². The number of nitrogens with zero attached hydrogens (tertiary/aromatic N) is 1. The minimum Gasteiger partial charge on any atom is -0.475 e. The summed E-state index contributed by atoms with van der Waals surface area (Å²) in [5.41, 5.74) is 1.24. The topological polar surface area (TPSA) is 78.7 Å². The molecular weight excluding hydrogens is 250 g/mol. The predicted octanol–water partition coefficient (Wildman–Crippen LogP) is 2.54. The second-order valence-corrected chi connectivity index (χ2v) is 4.51. The van der Waals surface area contributed by atoms with Gasteiger partial charge in [-0.05, 0) is 38.8 Å². The standard InChI is InChI=1S/C13H17NO5/c1-8(2)19-12(15)7-18-13-10(4)5-9(3)6-11(13)14(16)17/h5-6,8H,7H2,1-4H3. The van der Waals surface area contributed by atoms with E-state index in [1.807, 2.05) is 0 Å². The third-order valence-electron chi connectivity index (χ3n) is 2.30. The van der Waals surface area contributed by atoms with Crippen LogP contribution >= 0.6 is 0 Å². The van der Waals surface area contributed by atoms with Gasteiger partial charge in [0.05, 0.1) is 11.0 Å². The molecule has 0 heterocycles. The summed E-state index contributed by atoms with van der Waals surface area (Å²) >= 11 is 0. The molecule has 0 amide bonds. The summed E-state index contributed by atoms with van der Waals surface area (Å²) in [5.74, 6) is -0.444. The van der Waals surface area contributed by atoms with Crippen molar-refractivity contribution >= 4 is 11.7 Å². The number of carbonyl (C=O) groups excluding carboxylic acids is 1. The van der Waals surface area contributed by atoms with Gasteiger partial charge in [0.25, 0.3) is 0 Å². The Balaban J connectivity index is 2.89. The van der Waals surface area contributed by atoms with Crippen molar-refractivity contribution in [1.82, 2.24) is 0 Å². The maximum absolute atomic E-state index is 11.4. The molecule has 104 valence electrons. The SMILES string of the molecule is Cc1cc(C)c(OCC(=O)OC(C)C)c([N+](=O)[O-])c1. The molecule has 0 unspecified atom stereocenters. The summed E-state index contributed by atoms with van der Waals surface area (Å²) in [6.45, 7) is 6.55. The smallest absolute Gasteiger partial charge is 0.344 e. The Morgan fingerprint density at radius 1 is 1.37 bits per heavy atom. The first-order valence-electron chi connectivity index (χ1n) is 5.89. The maximum atomic E-state index is 11.4. The van der Waals surface area contributed by atoms with Crippen LogP contribution in [0.15, 0.2) is 12.1 Å². The van der Waals surface area contributed by atoms with Gasteiger partial charge in [-0.25, -0.2) is 4.79 Å². The molecule has 0 aliphatic heterocycles. The van der Waals surface area contributed by atoms with Gasteiger partial charge in [-0.2, -0.15) is 0 Å². The van der Waals surface area contributed by atoms with Crippen LogP contribution < -0.4 is 4.74 Å². The van der Waals surface area contributed by atoms with Crippen molar-refractivity contribution in [2.75, 3.05) is 6.61 Å². The summed E-state index contributed by atoms with van der Waals surface area (Å²) in [6.07, 6.45) is -0.245. The van der Waals surface area contributed by atoms with E-state index in [-0.39, 0.29) is 24.1 Å². The minimum atomic E-state index is -0.552. The average Bonchev–Trinajstić information content (AvgIpc) is 2.25. The van der Waals surface area contributed by atoms with E-state index < -0.39 is 10.9 Å². The quantitative estimate of drug-likeness (QED) is 0.465. The Labute approximate surface area is 111 Å². The summed E-state index contributed by atoms with van der Waals surface area (Å²) < 4.78 is 10.1. The van der Waals surface area contributed by atoms with E-state index in [0.717, 1.165) is 5.56 Å². The molecule has 1 aromatic rings. The first kappa shape index (κ1) is 14.9. The van der Waals surface area contributed by atoms with Crippen LogP contribution in [-0.2, 0) is 9.53 Å². The van der Waals surface area contributed by atoms with Gasteiger partial charge in [0.2, 0.25) is 5.75 Å². The molecule has 6 nitrogen and oxygen atoms in total. The lowest BCUT2D eigenvalue weighted by atomic mass is 10.1. The van der Waals surface area contributed by atoms with Crippen LogP contribution in [0.4, 0.5) is 5.69 Å². The van der Waals surface area contributed by atoms with E-state index in [9.17, 15) is 14.9 Å². The van der Waals surface area contributed by atoms with Gasteiger partial charge in [-0.1, -0.05) is 6.07 Å². The number of nitro groups is 1. The lowest BCUT2D eigenvalue weighted by molar-refractivity contribution is -0.385. The van der Waals surface area contributed by atoms with Gasteiger partial charge in [0.15, 0.2) is 6.61 Å². The number of ether oxygens (including phenoxy) is 2. The number of rotatable bonds is 5. The molecule has 6 heteroatoms. The number of nitro benzene ring substituents is 1. The summed E-state index contributed by atoms with van der Waals surface area (Å²) in [5, 5.41) is 11.0. The Kier molecular flexibility index (Phi) is 4.86.